The Kier molecular flexibility index (Phi) is 8.23. The van der Waals surface area contributed by atoms with Crippen molar-refractivity contribution < 1.29 is 59.2 Å². The number of carbonyl (C=O) groups excluding carboxylic acids is 1. The Morgan fingerprint density at radius 3 is 2.30 bits per heavy atom. The highest BCUT2D eigenvalue weighted by molar-refractivity contribution is 5.87. The molecule has 1 aliphatic carbocycles. The Labute approximate surface area is 242 Å². The molecule has 224 valence electrons. The molecule has 0 amide bonds. The van der Waals surface area contributed by atoms with Crippen LogP contribution in [0.3, 0.4) is 0 Å². The van der Waals surface area contributed by atoms with E-state index in [1.807, 2.05) is 0 Å². The second-order valence-corrected chi connectivity index (χ2v) is 9.68. The summed E-state index contributed by atoms with van der Waals surface area (Å²) < 4.78 is 22.5. The van der Waals surface area contributed by atoms with Gasteiger partial charge < -0.3 is 54.4 Å². The van der Waals surface area contributed by atoms with Gasteiger partial charge in [0.2, 0.25) is 6.29 Å². The molecule has 2 aromatic carbocycles. The minimum absolute atomic E-state index is 0.0399. The average molecular weight is 595 g/mol. The van der Waals surface area contributed by atoms with Crippen LogP contribution in [0.1, 0.15) is 5.56 Å². The lowest BCUT2D eigenvalue weighted by atomic mass is 9.99. The summed E-state index contributed by atoms with van der Waals surface area (Å²) in [6.07, 6.45) is -5.79. The van der Waals surface area contributed by atoms with Crippen molar-refractivity contribution >= 4 is 12.0 Å². The molecule has 1 saturated heterocycles. The van der Waals surface area contributed by atoms with Crippen molar-refractivity contribution in [2.45, 2.75) is 30.7 Å². The van der Waals surface area contributed by atoms with Crippen molar-refractivity contribution in [3.05, 3.63) is 82.5 Å². The van der Waals surface area contributed by atoms with E-state index in [4.69, 9.17) is 18.6 Å². The molecule has 5 rings (SSSR count). The molecule has 3 aliphatic rings. The van der Waals surface area contributed by atoms with Gasteiger partial charge in [0.1, 0.15) is 48.3 Å². The minimum atomic E-state index is -1.81. The third-order valence-corrected chi connectivity index (χ3v) is 6.65. The molecule has 0 saturated carbocycles. The molecule has 5 atom stereocenters. The summed E-state index contributed by atoms with van der Waals surface area (Å²) in [5.41, 5.74) is 0.241. The number of phenolic OH excluding ortho intramolecular Hbond substituents is 4. The number of fused-ring (bicyclic) bond motifs is 1. The van der Waals surface area contributed by atoms with Crippen LogP contribution in [0.4, 0.5) is 0 Å². The molecule has 13 heteroatoms. The van der Waals surface area contributed by atoms with Crippen LogP contribution in [0.15, 0.2) is 76.0 Å². The smallest absolute Gasteiger partial charge is 0.330 e. The molecule has 0 bridgehead atoms. The van der Waals surface area contributed by atoms with Crippen LogP contribution >= 0.6 is 0 Å². The Balaban J connectivity index is 1.40. The third-order valence-electron chi connectivity index (χ3n) is 6.65. The van der Waals surface area contributed by atoms with Gasteiger partial charge in [0, 0.05) is 23.8 Å². The first kappa shape index (κ1) is 29.4. The van der Waals surface area contributed by atoms with Crippen molar-refractivity contribution in [2.75, 3.05) is 6.61 Å². The summed E-state index contributed by atoms with van der Waals surface area (Å²) in [6, 6.07) is 13.0. The van der Waals surface area contributed by atoms with Gasteiger partial charge in [-0.2, -0.15) is 0 Å². The summed E-state index contributed by atoms with van der Waals surface area (Å²) in [7, 11) is 0. The molecular weight excluding hydrogens is 568 g/mol. The molecule has 0 radical (unpaired) electrons. The summed E-state index contributed by atoms with van der Waals surface area (Å²) >= 11 is 0. The Morgan fingerprint density at radius 1 is 0.837 bits per heavy atom. The molecule has 0 unspecified atom stereocenters. The van der Waals surface area contributed by atoms with Crippen LogP contribution < -0.4 is 10.2 Å². The second-order valence-electron chi connectivity index (χ2n) is 9.68. The van der Waals surface area contributed by atoms with Crippen LogP contribution in [-0.2, 0) is 14.3 Å². The number of hydrogen-bond donors (Lipinski definition) is 7. The number of aliphatic hydroxyl groups excluding tert-OH is 3. The SMILES string of the molecule is O=C(C=Cc1ccc(O)cc1)OC[C@H]1O[C@@H](Oc2cc3c(O)cc(=O)cc-3oc2-c2ccc(O)c(O)c2)[C@H](O)[C@@H](O)[C@@H]1O. The molecule has 2 aliphatic heterocycles. The van der Waals surface area contributed by atoms with Crippen LogP contribution in [0.25, 0.3) is 28.7 Å². The molecule has 43 heavy (non-hydrogen) atoms. The van der Waals surface area contributed by atoms with Crippen molar-refractivity contribution in [1.29, 1.82) is 0 Å². The monoisotopic (exact) mass is 594 g/mol. The number of hydrogen-bond acceptors (Lipinski definition) is 13. The molecular formula is C30H26O13. The fourth-order valence-electron chi connectivity index (χ4n) is 4.37. The first-order chi connectivity index (χ1) is 20.5. The van der Waals surface area contributed by atoms with Crippen molar-refractivity contribution in [2.24, 2.45) is 0 Å². The van der Waals surface area contributed by atoms with Gasteiger partial charge in [-0.25, -0.2) is 4.79 Å². The molecule has 2 aromatic rings. The number of benzene rings is 3. The number of ether oxygens (including phenoxy) is 3. The van der Waals surface area contributed by atoms with E-state index in [9.17, 15) is 45.3 Å². The third kappa shape index (κ3) is 6.39. The van der Waals surface area contributed by atoms with Gasteiger partial charge in [-0.3, -0.25) is 4.79 Å². The van der Waals surface area contributed by atoms with Crippen molar-refractivity contribution in [3.63, 3.8) is 0 Å². The molecule has 13 nitrogen and oxygen atoms in total. The van der Waals surface area contributed by atoms with Gasteiger partial charge in [-0.15, -0.1) is 0 Å². The zero-order valence-corrected chi connectivity index (χ0v) is 22.1. The highest BCUT2D eigenvalue weighted by Gasteiger charge is 2.46. The molecule has 2 heterocycles. The lowest BCUT2D eigenvalue weighted by Gasteiger charge is -2.40. The van der Waals surface area contributed by atoms with Gasteiger partial charge in [0.15, 0.2) is 28.4 Å². The van der Waals surface area contributed by atoms with Crippen LogP contribution in [0.5, 0.6) is 28.7 Å². The highest BCUT2D eigenvalue weighted by Crippen LogP contribution is 2.43. The standard InChI is InChI=1S/C30H26O13/c31-16-5-1-14(2-6-16)3-8-25(36)40-13-24-26(37)27(38)28(39)30(43-24)42-23-12-18-20(34)10-17(32)11-22(18)41-29(23)15-4-7-19(33)21(35)9-15/h1-12,24,26-28,30-31,33-35,37-39H,13H2/t24-,26-,27+,28-,30-/m1/s1. The molecule has 1 fully saturated rings. The molecule has 0 aromatic heterocycles. The maximum Gasteiger partial charge on any atom is 0.330 e. The predicted molar refractivity (Wildman–Crippen MR) is 147 cm³/mol. The van der Waals surface area contributed by atoms with E-state index in [2.05, 4.69) is 0 Å². The fourth-order valence-corrected chi connectivity index (χ4v) is 4.37. The lowest BCUT2D eigenvalue weighted by molar-refractivity contribution is -0.278. The zero-order valence-electron chi connectivity index (χ0n) is 22.1. The summed E-state index contributed by atoms with van der Waals surface area (Å²) in [5.74, 6) is -2.48. The summed E-state index contributed by atoms with van der Waals surface area (Å²) in [6.45, 7) is -0.544. The summed E-state index contributed by atoms with van der Waals surface area (Å²) in [5, 5.41) is 71.1. The zero-order chi connectivity index (χ0) is 30.8. The van der Waals surface area contributed by atoms with Crippen LogP contribution in [0.2, 0.25) is 0 Å². The van der Waals surface area contributed by atoms with E-state index in [1.54, 1.807) is 12.1 Å². The second kappa shape index (κ2) is 12.0. The Bertz CT molecular complexity index is 1680. The van der Waals surface area contributed by atoms with Gasteiger partial charge >= 0.3 is 5.97 Å². The van der Waals surface area contributed by atoms with Gasteiger partial charge in [-0.05, 0) is 48.0 Å². The van der Waals surface area contributed by atoms with Gasteiger partial charge in [0.25, 0.3) is 0 Å². The summed E-state index contributed by atoms with van der Waals surface area (Å²) in [4.78, 5) is 24.2. The Hall–Kier alpha value is -5.08. The topological polar surface area (TPSA) is 217 Å². The van der Waals surface area contributed by atoms with E-state index in [0.717, 1.165) is 24.3 Å². The fraction of sp³-hybridized carbons (Fsp3) is 0.200. The minimum Gasteiger partial charge on any atom is -0.508 e. The number of esters is 1. The van der Waals surface area contributed by atoms with E-state index in [1.165, 1.54) is 36.4 Å². The number of carbonyl (C=O) groups is 1. The highest BCUT2D eigenvalue weighted by atomic mass is 16.7. The number of aromatic hydroxyl groups is 4. The van der Waals surface area contributed by atoms with Gasteiger partial charge in [0.05, 0.1) is 5.56 Å². The van der Waals surface area contributed by atoms with E-state index in [-0.39, 0.29) is 34.1 Å². The van der Waals surface area contributed by atoms with Gasteiger partial charge in [-0.1, -0.05) is 12.1 Å². The molecule has 0 spiro atoms. The quantitative estimate of drug-likeness (QED) is 0.0922. The lowest BCUT2D eigenvalue weighted by Crippen LogP contribution is -2.60. The first-order valence-electron chi connectivity index (χ1n) is 12.8. The average Bonchev–Trinajstić information content (AvgIpc) is 2.98. The number of aliphatic hydroxyl groups is 3. The number of rotatable bonds is 7. The normalized spacial score (nSPS) is 22.1. The Morgan fingerprint density at radius 2 is 1.58 bits per heavy atom. The first-order valence-corrected chi connectivity index (χ1v) is 12.8. The van der Waals surface area contributed by atoms with E-state index >= 15 is 0 Å². The maximum atomic E-state index is 12.2. The number of phenols is 4. The van der Waals surface area contributed by atoms with Crippen molar-refractivity contribution in [1.82, 2.24) is 0 Å². The maximum absolute atomic E-state index is 12.2. The van der Waals surface area contributed by atoms with E-state index < -0.39 is 66.0 Å². The largest absolute Gasteiger partial charge is 0.508 e. The van der Waals surface area contributed by atoms with E-state index in [0.29, 0.717) is 5.56 Å². The van der Waals surface area contributed by atoms with Crippen LogP contribution in [0, 0.1) is 0 Å². The van der Waals surface area contributed by atoms with Crippen molar-refractivity contribution in [3.8, 4) is 51.4 Å². The predicted octanol–water partition coefficient (Wildman–Crippen LogP) is 1.68. The van der Waals surface area contributed by atoms with Crippen LogP contribution in [-0.4, -0.2) is 79.0 Å². The molecule has 7 N–H and O–H groups in total.